The number of esters is 1. The van der Waals surface area contributed by atoms with E-state index in [1.807, 2.05) is 13.0 Å². The molecule has 0 fully saturated rings. The molecule has 4 nitrogen and oxygen atoms in total. The third-order valence-corrected chi connectivity index (χ3v) is 3.64. The van der Waals surface area contributed by atoms with Gasteiger partial charge in [-0.3, -0.25) is 0 Å². The first-order valence-electron chi connectivity index (χ1n) is 5.48. The molecule has 0 spiro atoms. The van der Waals surface area contributed by atoms with Crippen LogP contribution in [0.15, 0.2) is 10.5 Å². The quantitative estimate of drug-likeness (QED) is 0.794. The highest BCUT2D eigenvalue weighted by molar-refractivity contribution is 7.99. The van der Waals surface area contributed by atoms with Crippen molar-refractivity contribution in [1.82, 2.24) is 0 Å². The Morgan fingerprint density at radius 3 is 2.94 bits per heavy atom. The minimum atomic E-state index is -0.442. The fraction of sp³-hybridized carbons (Fsp3) is 0.583. The van der Waals surface area contributed by atoms with E-state index in [2.05, 4.69) is 11.7 Å². The van der Waals surface area contributed by atoms with Gasteiger partial charge in [0.2, 0.25) is 5.76 Å². The largest absolute Gasteiger partial charge is 0.463 e. The number of aliphatic hydroxyl groups excluding tert-OH is 1. The summed E-state index contributed by atoms with van der Waals surface area (Å²) < 4.78 is 10.1. The zero-order chi connectivity index (χ0) is 12.8. The van der Waals surface area contributed by atoms with Crippen LogP contribution in [0.3, 0.4) is 0 Å². The molecule has 0 saturated carbocycles. The minimum Gasteiger partial charge on any atom is -0.463 e. The molecule has 0 aliphatic carbocycles. The van der Waals surface area contributed by atoms with Crippen LogP contribution in [-0.4, -0.2) is 30.0 Å². The molecule has 0 aliphatic heterocycles. The number of furan rings is 1. The van der Waals surface area contributed by atoms with Crippen molar-refractivity contribution in [3.63, 3.8) is 0 Å². The predicted molar refractivity (Wildman–Crippen MR) is 67.2 cm³/mol. The summed E-state index contributed by atoms with van der Waals surface area (Å²) >= 11 is 1.69. The van der Waals surface area contributed by atoms with Crippen LogP contribution < -0.4 is 0 Å². The second-order valence-electron chi connectivity index (χ2n) is 3.85. The molecule has 1 rings (SSSR count). The highest BCUT2D eigenvalue weighted by Gasteiger charge is 2.16. The van der Waals surface area contributed by atoms with Crippen LogP contribution in [0.25, 0.3) is 0 Å². The van der Waals surface area contributed by atoms with E-state index >= 15 is 0 Å². The minimum absolute atomic E-state index is 0.193. The summed E-state index contributed by atoms with van der Waals surface area (Å²) in [6, 6.07) is 1.85. The van der Waals surface area contributed by atoms with E-state index in [4.69, 9.17) is 9.52 Å². The molecule has 1 heterocycles. The van der Waals surface area contributed by atoms with E-state index in [1.165, 1.54) is 7.11 Å². The van der Waals surface area contributed by atoms with Crippen LogP contribution in [0, 0.1) is 6.92 Å². The second-order valence-corrected chi connectivity index (χ2v) is 5.28. The molecule has 0 aliphatic rings. The molecule has 5 heteroatoms. The normalized spacial score (nSPS) is 12.5. The first-order valence-corrected chi connectivity index (χ1v) is 6.53. The van der Waals surface area contributed by atoms with Gasteiger partial charge < -0.3 is 14.3 Å². The maximum atomic E-state index is 11.3. The lowest BCUT2D eigenvalue weighted by Gasteiger charge is -2.07. The lowest BCUT2D eigenvalue weighted by molar-refractivity contribution is 0.0562. The number of carbonyl (C=O) groups excluding carboxylic acids is 1. The van der Waals surface area contributed by atoms with Gasteiger partial charge in [0.15, 0.2) is 0 Å². The summed E-state index contributed by atoms with van der Waals surface area (Å²) in [4.78, 5) is 11.3. The van der Waals surface area contributed by atoms with Crippen LogP contribution in [0.5, 0.6) is 0 Å². The monoisotopic (exact) mass is 258 g/mol. The number of hydrogen-bond acceptors (Lipinski definition) is 5. The molecule has 0 amide bonds. The number of hydrogen-bond donors (Lipinski definition) is 1. The van der Waals surface area contributed by atoms with Crippen LogP contribution in [0.1, 0.15) is 35.2 Å². The van der Waals surface area contributed by atoms with Crippen molar-refractivity contribution < 1.29 is 19.1 Å². The average molecular weight is 258 g/mol. The number of ether oxygens (including phenoxy) is 1. The van der Waals surface area contributed by atoms with Crippen LogP contribution in [0.4, 0.5) is 0 Å². The van der Waals surface area contributed by atoms with Crippen LogP contribution in [-0.2, 0) is 10.5 Å². The van der Waals surface area contributed by atoms with Gasteiger partial charge in [0.25, 0.3) is 0 Å². The van der Waals surface area contributed by atoms with E-state index in [1.54, 1.807) is 11.8 Å². The Balaban J connectivity index is 2.58. The zero-order valence-corrected chi connectivity index (χ0v) is 11.2. The van der Waals surface area contributed by atoms with Crippen molar-refractivity contribution in [2.75, 3.05) is 13.7 Å². The number of aryl methyl sites for hydroxylation is 1. The van der Waals surface area contributed by atoms with Gasteiger partial charge >= 0.3 is 5.97 Å². The molecule has 1 atom stereocenters. The van der Waals surface area contributed by atoms with E-state index in [0.29, 0.717) is 11.0 Å². The lowest BCUT2D eigenvalue weighted by Crippen LogP contribution is -2.01. The third-order valence-electron chi connectivity index (χ3n) is 2.39. The Kier molecular flexibility index (Phi) is 5.58. The van der Waals surface area contributed by atoms with Gasteiger partial charge in [-0.15, -0.1) is 0 Å². The van der Waals surface area contributed by atoms with Gasteiger partial charge in [0.05, 0.1) is 12.9 Å². The van der Waals surface area contributed by atoms with Gasteiger partial charge in [-0.1, -0.05) is 6.92 Å². The molecule has 0 radical (unpaired) electrons. The zero-order valence-electron chi connectivity index (χ0n) is 10.4. The first kappa shape index (κ1) is 14.1. The van der Waals surface area contributed by atoms with Gasteiger partial charge in [-0.2, -0.15) is 11.8 Å². The summed E-state index contributed by atoms with van der Waals surface area (Å²) in [6.07, 6.45) is 0.758. The Morgan fingerprint density at radius 2 is 2.35 bits per heavy atom. The Morgan fingerprint density at radius 1 is 1.65 bits per heavy atom. The average Bonchev–Trinajstić information content (AvgIpc) is 2.67. The van der Waals surface area contributed by atoms with Crippen molar-refractivity contribution >= 4 is 17.7 Å². The highest BCUT2D eigenvalue weighted by Crippen LogP contribution is 2.23. The molecule has 1 aromatic heterocycles. The van der Waals surface area contributed by atoms with Crippen molar-refractivity contribution in [3.8, 4) is 0 Å². The van der Waals surface area contributed by atoms with Crippen molar-refractivity contribution in [2.45, 2.75) is 31.3 Å². The number of rotatable bonds is 6. The molecular formula is C12H18O4S. The van der Waals surface area contributed by atoms with E-state index in [0.717, 1.165) is 17.7 Å². The Labute approximate surface area is 105 Å². The smallest absolute Gasteiger partial charge is 0.374 e. The maximum Gasteiger partial charge on any atom is 0.374 e. The fourth-order valence-electron chi connectivity index (χ4n) is 1.40. The molecule has 0 saturated heterocycles. The SMILES string of the molecule is COC(=O)c1oc(CSC(C)CCO)cc1C. The second kappa shape index (κ2) is 6.71. The maximum absolute atomic E-state index is 11.3. The van der Waals surface area contributed by atoms with Gasteiger partial charge in [0, 0.05) is 17.4 Å². The summed E-state index contributed by atoms with van der Waals surface area (Å²) in [7, 11) is 1.34. The van der Waals surface area contributed by atoms with Crippen LogP contribution >= 0.6 is 11.8 Å². The summed E-state index contributed by atoms with van der Waals surface area (Å²) in [5.41, 5.74) is 0.794. The predicted octanol–water partition coefficient (Wildman–Crippen LogP) is 2.38. The van der Waals surface area contributed by atoms with Crippen molar-refractivity contribution in [3.05, 3.63) is 23.2 Å². The molecule has 0 aromatic carbocycles. The standard InChI is InChI=1S/C12H18O4S/c1-8-6-10(7-17-9(2)4-5-13)16-11(8)12(14)15-3/h6,9,13H,4-5,7H2,1-3H3. The summed E-state index contributed by atoms with van der Waals surface area (Å²) in [6.45, 7) is 4.07. The van der Waals surface area contributed by atoms with Gasteiger partial charge in [-0.05, 0) is 19.4 Å². The van der Waals surface area contributed by atoms with E-state index in [-0.39, 0.29) is 12.4 Å². The number of carbonyl (C=O) groups is 1. The summed E-state index contributed by atoms with van der Waals surface area (Å²) in [5.74, 6) is 1.29. The Hall–Kier alpha value is -0.940. The number of thioether (sulfide) groups is 1. The molecule has 0 bridgehead atoms. The topological polar surface area (TPSA) is 59.7 Å². The molecule has 1 unspecified atom stereocenters. The third kappa shape index (κ3) is 4.09. The van der Waals surface area contributed by atoms with Crippen molar-refractivity contribution in [1.29, 1.82) is 0 Å². The van der Waals surface area contributed by atoms with E-state index < -0.39 is 5.97 Å². The molecule has 1 N–H and O–H groups in total. The molecule has 1 aromatic rings. The van der Waals surface area contributed by atoms with Gasteiger partial charge in [-0.25, -0.2) is 4.79 Å². The van der Waals surface area contributed by atoms with Crippen molar-refractivity contribution in [2.24, 2.45) is 0 Å². The Bertz CT molecular complexity index is 373. The molecular weight excluding hydrogens is 240 g/mol. The first-order chi connectivity index (χ1) is 8.08. The van der Waals surface area contributed by atoms with Crippen LogP contribution in [0.2, 0.25) is 0 Å². The molecule has 17 heavy (non-hydrogen) atoms. The molecule has 96 valence electrons. The lowest BCUT2D eigenvalue weighted by atomic mass is 10.3. The fourth-order valence-corrected chi connectivity index (χ4v) is 2.27. The van der Waals surface area contributed by atoms with E-state index in [9.17, 15) is 4.79 Å². The number of methoxy groups -OCH3 is 1. The van der Waals surface area contributed by atoms with Gasteiger partial charge in [0.1, 0.15) is 5.76 Å². The summed E-state index contributed by atoms with van der Waals surface area (Å²) in [5, 5.41) is 9.16. The number of aliphatic hydroxyl groups is 1. The highest BCUT2D eigenvalue weighted by atomic mass is 32.2.